The Hall–Kier alpha value is -4.45. The number of alkyl halides is 3. The molecule has 0 spiro atoms. The summed E-state index contributed by atoms with van der Waals surface area (Å²) in [5.41, 5.74) is -0.499. The van der Waals surface area contributed by atoms with Crippen molar-refractivity contribution < 1.29 is 27.5 Å². The van der Waals surface area contributed by atoms with E-state index in [1.165, 1.54) is 28.8 Å². The fourth-order valence-electron chi connectivity index (χ4n) is 3.62. The number of carbonyl (C=O) groups is 1. The fraction of sp³-hybridized carbons (Fsp3) is 0.160. The molecule has 0 saturated heterocycles. The molecule has 0 radical (unpaired) electrons. The van der Waals surface area contributed by atoms with Crippen molar-refractivity contribution in [2.75, 3.05) is 11.9 Å². The number of nitrogens with one attached hydrogen (secondary N) is 3. The number of aromatic amines is 1. The molecule has 0 fully saturated rings. The second-order valence-corrected chi connectivity index (χ2v) is 7.95. The molecule has 0 aliphatic rings. The smallest absolute Gasteiger partial charge is 0.396 e. The Kier molecular flexibility index (Phi) is 7.39. The van der Waals surface area contributed by atoms with Crippen LogP contribution in [0.25, 0.3) is 11.0 Å². The summed E-state index contributed by atoms with van der Waals surface area (Å²) in [6.07, 6.45) is -4.36. The Bertz CT molecular complexity index is 1510. The van der Waals surface area contributed by atoms with E-state index in [1.807, 2.05) is 0 Å². The quantitative estimate of drug-likeness (QED) is 0.173. The Balaban J connectivity index is 1.74. The first-order valence-corrected chi connectivity index (χ1v) is 11.1. The molecule has 8 nitrogen and oxygen atoms in total. The number of guanidine groups is 1. The number of imidazole rings is 1. The minimum Gasteiger partial charge on any atom is -0.396 e. The number of hydrogen-bond acceptors (Lipinski definition) is 4. The molecule has 0 bridgehead atoms. The summed E-state index contributed by atoms with van der Waals surface area (Å²) in [5.74, 6) is -1.63. The lowest BCUT2D eigenvalue weighted by Crippen LogP contribution is -2.36. The summed E-state index contributed by atoms with van der Waals surface area (Å²) >= 11 is 0. The Labute approximate surface area is 207 Å². The van der Waals surface area contributed by atoms with E-state index in [-0.39, 0.29) is 24.7 Å². The van der Waals surface area contributed by atoms with Gasteiger partial charge in [0.2, 0.25) is 5.96 Å². The highest BCUT2D eigenvalue weighted by Crippen LogP contribution is 2.36. The summed E-state index contributed by atoms with van der Waals surface area (Å²) < 4.78 is 55.3. The predicted octanol–water partition coefficient (Wildman–Crippen LogP) is 4.40. The first kappa shape index (κ1) is 25.6. The summed E-state index contributed by atoms with van der Waals surface area (Å²) in [6, 6.07) is 13.9. The van der Waals surface area contributed by atoms with E-state index in [4.69, 9.17) is 5.11 Å². The number of amides is 1. The number of para-hydroxylation sites is 1. The molecule has 3 aromatic carbocycles. The van der Waals surface area contributed by atoms with Gasteiger partial charge in [0.05, 0.1) is 22.3 Å². The van der Waals surface area contributed by atoms with Gasteiger partial charge in [-0.05, 0) is 61.0 Å². The van der Waals surface area contributed by atoms with Gasteiger partial charge < -0.3 is 15.4 Å². The molecular weight excluding hydrogens is 494 g/mol. The number of nitrogens with zero attached hydrogens (tertiary/aromatic N) is 2. The zero-order valence-corrected chi connectivity index (χ0v) is 19.1. The number of aliphatic imine (C=N–C) groups is 1. The van der Waals surface area contributed by atoms with Gasteiger partial charge in [-0.25, -0.2) is 14.2 Å². The molecule has 12 heteroatoms. The van der Waals surface area contributed by atoms with Gasteiger partial charge >= 0.3 is 11.9 Å². The molecule has 37 heavy (non-hydrogen) atoms. The zero-order valence-electron chi connectivity index (χ0n) is 19.1. The van der Waals surface area contributed by atoms with Crippen LogP contribution < -0.4 is 16.3 Å². The molecule has 1 amide bonds. The average molecular weight is 515 g/mol. The van der Waals surface area contributed by atoms with Crippen molar-refractivity contribution >= 4 is 34.3 Å². The maximum Gasteiger partial charge on any atom is 0.418 e. The van der Waals surface area contributed by atoms with E-state index >= 15 is 0 Å². The number of halogens is 4. The number of benzene rings is 3. The number of aliphatic hydroxyl groups is 1. The van der Waals surface area contributed by atoms with Crippen LogP contribution in [0.15, 0.2) is 76.5 Å². The van der Waals surface area contributed by atoms with Crippen molar-refractivity contribution in [2.45, 2.75) is 19.1 Å². The number of H-pyrrole nitrogens is 1. The van der Waals surface area contributed by atoms with Crippen LogP contribution in [0.4, 0.5) is 28.9 Å². The predicted molar refractivity (Wildman–Crippen MR) is 130 cm³/mol. The van der Waals surface area contributed by atoms with Crippen LogP contribution in [0, 0.1) is 5.82 Å². The van der Waals surface area contributed by atoms with Crippen molar-refractivity contribution in [3.63, 3.8) is 0 Å². The number of aryl methyl sites for hydroxylation is 1. The molecule has 0 unspecified atom stereocenters. The molecule has 192 valence electrons. The summed E-state index contributed by atoms with van der Waals surface area (Å²) in [7, 11) is 0. The highest BCUT2D eigenvalue weighted by Gasteiger charge is 2.33. The van der Waals surface area contributed by atoms with E-state index in [2.05, 4.69) is 20.6 Å². The van der Waals surface area contributed by atoms with Gasteiger partial charge in [-0.3, -0.25) is 14.7 Å². The minimum absolute atomic E-state index is 0.0546. The first-order chi connectivity index (χ1) is 17.7. The van der Waals surface area contributed by atoms with Crippen LogP contribution >= 0.6 is 0 Å². The lowest BCUT2D eigenvalue weighted by molar-refractivity contribution is -0.137. The highest BCUT2D eigenvalue weighted by atomic mass is 19.4. The van der Waals surface area contributed by atoms with Crippen molar-refractivity contribution in [3.05, 3.63) is 94.2 Å². The van der Waals surface area contributed by atoms with Crippen molar-refractivity contribution in [1.29, 1.82) is 0 Å². The SMILES string of the molecule is O=C(NC(=Nc1ccccc1C(F)(F)F)Nc1ccc2[nH]c(=O)n(CCCO)c2c1)c1ccc(F)cc1. The van der Waals surface area contributed by atoms with Crippen LogP contribution in [0.3, 0.4) is 0 Å². The first-order valence-electron chi connectivity index (χ1n) is 11.1. The van der Waals surface area contributed by atoms with Crippen molar-refractivity contribution in [2.24, 2.45) is 4.99 Å². The number of carbonyl (C=O) groups excluding carboxylic acids is 1. The van der Waals surface area contributed by atoms with Gasteiger partial charge in [0.25, 0.3) is 5.91 Å². The second-order valence-electron chi connectivity index (χ2n) is 7.95. The van der Waals surface area contributed by atoms with Crippen molar-refractivity contribution in [3.8, 4) is 0 Å². The molecule has 0 aliphatic heterocycles. The monoisotopic (exact) mass is 515 g/mol. The van der Waals surface area contributed by atoms with Crippen LogP contribution in [0.5, 0.6) is 0 Å². The maximum atomic E-state index is 13.5. The second kappa shape index (κ2) is 10.7. The number of aromatic nitrogens is 2. The van der Waals surface area contributed by atoms with Gasteiger partial charge in [0.1, 0.15) is 5.82 Å². The summed E-state index contributed by atoms with van der Waals surface area (Å²) in [6.45, 7) is 0.113. The Morgan fingerprint density at radius 1 is 1.05 bits per heavy atom. The molecular formula is C25H21F4N5O3. The highest BCUT2D eigenvalue weighted by molar-refractivity contribution is 6.11. The van der Waals surface area contributed by atoms with E-state index in [9.17, 15) is 27.2 Å². The van der Waals surface area contributed by atoms with Crippen LogP contribution in [0.2, 0.25) is 0 Å². The normalized spacial score (nSPS) is 12.1. The molecule has 0 atom stereocenters. The number of rotatable bonds is 6. The Morgan fingerprint density at radius 3 is 2.49 bits per heavy atom. The summed E-state index contributed by atoms with van der Waals surface area (Å²) in [5, 5.41) is 14.4. The van der Waals surface area contributed by atoms with E-state index in [1.54, 1.807) is 18.2 Å². The standard InChI is InChI=1S/C25H21F4N5O3/c26-16-8-6-15(7-9-16)22(36)33-23(31-19-5-2-1-4-18(19)25(27,28)29)30-17-10-11-20-21(14-17)34(12-3-13-35)24(37)32-20/h1-2,4-11,14,35H,3,12-13H2,(H,32,37)(H2,30,31,33,36). The molecule has 1 aromatic heterocycles. The van der Waals surface area contributed by atoms with Gasteiger partial charge in [-0.1, -0.05) is 12.1 Å². The van der Waals surface area contributed by atoms with Crippen molar-refractivity contribution in [1.82, 2.24) is 14.9 Å². The third-order valence-corrected chi connectivity index (χ3v) is 5.36. The van der Waals surface area contributed by atoms with Gasteiger partial charge in [0.15, 0.2) is 0 Å². The van der Waals surface area contributed by atoms with Crippen LogP contribution in [0.1, 0.15) is 22.3 Å². The largest absolute Gasteiger partial charge is 0.418 e. The molecule has 0 aliphatic carbocycles. The number of fused-ring (bicyclic) bond motifs is 1. The van der Waals surface area contributed by atoms with Crippen LogP contribution in [-0.2, 0) is 12.7 Å². The van der Waals surface area contributed by atoms with Gasteiger partial charge in [-0.2, -0.15) is 13.2 Å². The van der Waals surface area contributed by atoms with E-state index in [0.29, 0.717) is 23.1 Å². The number of anilines is 1. The van der Waals surface area contributed by atoms with Crippen LogP contribution in [-0.4, -0.2) is 33.1 Å². The third kappa shape index (κ3) is 6.04. The zero-order chi connectivity index (χ0) is 26.6. The molecule has 1 heterocycles. The Morgan fingerprint density at radius 2 is 1.78 bits per heavy atom. The maximum absolute atomic E-state index is 13.5. The lowest BCUT2D eigenvalue weighted by atomic mass is 10.2. The molecule has 4 rings (SSSR count). The topological polar surface area (TPSA) is 112 Å². The molecule has 0 saturated carbocycles. The average Bonchev–Trinajstić information content (AvgIpc) is 3.16. The van der Waals surface area contributed by atoms with E-state index in [0.717, 1.165) is 24.3 Å². The molecule has 4 aromatic rings. The number of hydrogen-bond donors (Lipinski definition) is 4. The molecule has 4 N–H and O–H groups in total. The number of aliphatic hydroxyl groups excluding tert-OH is 1. The summed E-state index contributed by atoms with van der Waals surface area (Å²) in [4.78, 5) is 31.7. The fourth-order valence-corrected chi connectivity index (χ4v) is 3.62. The minimum atomic E-state index is -4.70. The van der Waals surface area contributed by atoms with Gasteiger partial charge in [-0.15, -0.1) is 0 Å². The lowest BCUT2D eigenvalue weighted by Gasteiger charge is -2.14. The third-order valence-electron chi connectivity index (χ3n) is 5.36. The van der Waals surface area contributed by atoms with E-state index < -0.39 is 34.8 Å². The van der Waals surface area contributed by atoms with Gasteiger partial charge in [0, 0.05) is 24.4 Å².